The van der Waals surface area contributed by atoms with Crippen molar-refractivity contribution in [1.29, 1.82) is 0 Å². The van der Waals surface area contributed by atoms with Crippen LogP contribution < -0.4 is 5.32 Å². The third-order valence-corrected chi connectivity index (χ3v) is 4.66. The van der Waals surface area contributed by atoms with Crippen LogP contribution in [0.3, 0.4) is 0 Å². The van der Waals surface area contributed by atoms with Gasteiger partial charge in [-0.25, -0.2) is 4.98 Å². The highest BCUT2D eigenvalue weighted by Crippen LogP contribution is 2.20. The predicted octanol–water partition coefficient (Wildman–Crippen LogP) is 2.69. The topological polar surface area (TPSA) is 72.7 Å². The molecule has 25 heavy (non-hydrogen) atoms. The van der Waals surface area contributed by atoms with Crippen molar-refractivity contribution in [3.05, 3.63) is 53.7 Å². The molecule has 4 rings (SSSR count). The lowest BCUT2D eigenvalue weighted by Crippen LogP contribution is -2.41. The van der Waals surface area contributed by atoms with E-state index in [0.29, 0.717) is 11.6 Å². The maximum atomic E-state index is 12.6. The summed E-state index contributed by atoms with van der Waals surface area (Å²) in [5.41, 5.74) is 1.29. The summed E-state index contributed by atoms with van der Waals surface area (Å²) in [7, 11) is 0. The summed E-state index contributed by atoms with van der Waals surface area (Å²) in [6.07, 6.45) is 1.70. The van der Waals surface area contributed by atoms with Crippen LogP contribution in [0.25, 0.3) is 10.9 Å². The second kappa shape index (κ2) is 6.27. The molecule has 1 amide bonds. The standard InChI is InChI=1S/C19H21N5O/c1-12(2)18-23-22-17-10-8-14(11-24(17)18)20-19(25)16-9-7-13-5-3-4-6-15(13)21-16/h3-7,9,12,14H,8,10-11H2,1-2H3,(H,20,25)/t14-/m1/s1. The van der Waals surface area contributed by atoms with Crippen LogP contribution in [0.2, 0.25) is 0 Å². The van der Waals surface area contributed by atoms with Gasteiger partial charge in [0.25, 0.3) is 5.91 Å². The molecule has 1 aromatic carbocycles. The van der Waals surface area contributed by atoms with E-state index < -0.39 is 0 Å². The van der Waals surface area contributed by atoms with Gasteiger partial charge in [-0.2, -0.15) is 0 Å². The third-order valence-electron chi connectivity index (χ3n) is 4.66. The number of para-hydroxylation sites is 1. The van der Waals surface area contributed by atoms with Crippen LogP contribution in [0.5, 0.6) is 0 Å². The Morgan fingerprint density at radius 3 is 2.88 bits per heavy atom. The van der Waals surface area contributed by atoms with Crippen LogP contribution in [0.15, 0.2) is 36.4 Å². The Labute approximate surface area is 146 Å². The smallest absolute Gasteiger partial charge is 0.270 e. The molecule has 0 bridgehead atoms. The van der Waals surface area contributed by atoms with Gasteiger partial charge in [0.15, 0.2) is 0 Å². The van der Waals surface area contributed by atoms with E-state index in [9.17, 15) is 4.79 Å². The van der Waals surface area contributed by atoms with Crippen LogP contribution in [0.4, 0.5) is 0 Å². The van der Waals surface area contributed by atoms with Gasteiger partial charge in [0.05, 0.1) is 5.52 Å². The van der Waals surface area contributed by atoms with E-state index >= 15 is 0 Å². The number of nitrogens with one attached hydrogen (secondary N) is 1. The van der Waals surface area contributed by atoms with Crippen molar-refractivity contribution in [2.75, 3.05) is 0 Å². The van der Waals surface area contributed by atoms with Crippen molar-refractivity contribution in [3.63, 3.8) is 0 Å². The number of fused-ring (bicyclic) bond motifs is 2. The fourth-order valence-electron chi connectivity index (χ4n) is 3.34. The normalized spacial score (nSPS) is 16.8. The summed E-state index contributed by atoms with van der Waals surface area (Å²) in [6, 6.07) is 11.6. The van der Waals surface area contributed by atoms with Gasteiger partial charge in [0.2, 0.25) is 0 Å². The lowest BCUT2D eigenvalue weighted by atomic mass is 10.1. The van der Waals surface area contributed by atoms with Crippen molar-refractivity contribution in [2.24, 2.45) is 0 Å². The Morgan fingerprint density at radius 1 is 1.20 bits per heavy atom. The SMILES string of the molecule is CC(C)c1nnc2n1C[C@H](NC(=O)c1ccc3ccccc3n1)CC2. The highest BCUT2D eigenvalue weighted by Gasteiger charge is 2.25. The minimum Gasteiger partial charge on any atom is -0.346 e. The number of benzene rings is 1. The molecule has 1 atom stereocenters. The molecule has 0 radical (unpaired) electrons. The number of rotatable bonds is 3. The number of aryl methyl sites for hydroxylation is 1. The zero-order chi connectivity index (χ0) is 17.4. The number of aromatic nitrogens is 4. The zero-order valence-corrected chi connectivity index (χ0v) is 14.4. The summed E-state index contributed by atoms with van der Waals surface area (Å²) in [4.78, 5) is 17.1. The largest absolute Gasteiger partial charge is 0.346 e. The van der Waals surface area contributed by atoms with Crippen LogP contribution in [0, 0.1) is 0 Å². The predicted molar refractivity (Wildman–Crippen MR) is 95.4 cm³/mol. The van der Waals surface area contributed by atoms with E-state index in [2.05, 4.69) is 38.9 Å². The fourth-order valence-corrected chi connectivity index (χ4v) is 3.34. The van der Waals surface area contributed by atoms with Crippen molar-refractivity contribution < 1.29 is 4.79 Å². The van der Waals surface area contributed by atoms with Gasteiger partial charge < -0.3 is 9.88 Å². The molecule has 0 saturated heterocycles. The Balaban J connectivity index is 1.51. The van der Waals surface area contributed by atoms with E-state index in [0.717, 1.165) is 41.9 Å². The maximum absolute atomic E-state index is 12.6. The second-order valence-corrected chi connectivity index (χ2v) is 6.84. The van der Waals surface area contributed by atoms with E-state index in [1.54, 1.807) is 6.07 Å². The third kappa shape index (κ3) is 2.99. The summed E-state index contributed by atoms with van der Waals surface area (Å²) in [6.45, 7) is 4.94. The van der Waals surface area contributed by atoms with Crippen molar-refractivity contribution in [1.82, 2.24) is 25.1 Å². The molecule has 6 nitrogen and oxygen atoms in total. The molecule has 0 fully saturated rings. The molecule has 6 heteroatoms. The Hall–Kier alpha value is -2.76. The summed E-state index contributed by atoms with van der Waals surface area (Å²) in [5.74, 6) is 2.19. The summed E-state index contributed by atoms with van der Waals surface area (Å²) < 4.78 is 2.15. The lowest BCUT2D eigenvalue weighted by Gasteiger charge is -2.25. The molecule has 1 N–H and O–H groups in total. The van der Waals surface area contributed by atoms with Crippen molar-refractivity contribution >= 4 is 16.8 Å². The van der Waals surface area contributed by atoms with Crippen molar-refractivity contribution in [3.8, 4) is 0 Å². The molecule has 0 unspecified atom stereocenters. The monoisotopic (exact) mass is 335 g/mol. The number of carbonyl (C=O) groups is 1. The Kier molecular flexibility index (Phi) is 3.95. The van der Waals surface area contributed by atoms with Gasteiger partial charge in [-0.3, -0.25) is 4.79 Å². The van der Waals surface area contributed by atoms with Gasteiger partial charge in [-0.15, -0.1) is 10.2 Å². The minimum atomic E-state index is -0.127. The molecular weight excluding hydrogens is 314 g/mol. The minimum absolute atomic E-state index is 0.0711. The molecule has 1 aliphatic heterocycles. The number of hydrogen-bond donors (Lipinski definition) is 1. The van der Waals surface area contributed by atoms with Crippen LogP contribution in [-0.4, -0.2) is 31.7 Å². The van der Waals surface area contributed by atoms with Gasteiger partial charge in [-0.05, 0) is 18.6 Å². The molecular formula is C19H21N5O. The molecule has 2 aromatic heterocycles. The van der Waals surface area contributed by atoms with Crippen LogP contribution in [0.1, 0.15) is 48.3 Å². The first kappa shape index (κ1) is 15.7. The van der Waals surface area contributed by atoms with Crippen LogP contribution >= 0.6 is 0 Å². The summed E-state index contributed by atoms with van der Waals surface area (Å²) >= 11 is 0. The quantitative estimate of drug-likeness (QED) is 0.799. The molecule has 0 spiro atoms. The molecule has 3 aromatic rings. The van der Waals surface area contributed by atoms with Crippen LogP contribution in [-0.2, 0) is 13.0 Å². The number of pyridine rings is 1. The first-order valence-corrected chi connectivity index (χ1v) is 8.70. The van der Waals surface area contributed by atoms with Gasteiger partial charge >= 0.3 is 0 Å². The first-order chi connectivity index (χ1) is 12.1. The second-order valence-electron chi connectivity index (χ2n) is 6.84. The van der Waals surface area contributed by atoms with Crippen molar-refractivity contribution in [2.45, 2.75) is 45.2 Å². The average molecular weight is 335 g/mol. The van der Waals surface area contributed by atoms with E-state index in [1.165, 1.54) is 0 Å². The number of hydrogen-bond acceptors (Lipinski definition) is 4. The molecule has 0 saturated carbocycles. The highest BCUT2D eigenvalue weighted by atomic mass is 16.1. The summed E-state index contributed by atoms with van der Waals surface area (Å²) in [5, 5.41) is 12.7. The Morgan fingerprint density at radius 2 is 2.04 bits per heavy atom. The van der Waals surface area contributed by atoms with Gasteiger partial charge in [0, 0.05) is 30.3 Å². The van der Waals surface area contributed by atoms with E-state index in [4.69, 9.17) is 0 Å². The van der Waals surface area contributed by atoms with Gasteiger partial charge in [0.1, 0.15) is 17.3 Å². The molecule has 0 aliphatic carbocycles. The number of nitrogens with zero attached hydrogens (tertiary/aromatic N) is 4. The van der Waals surface area contributed by atoms with E-state index in [1.807, 2.05) is 30.3 Å². The molecule has 128 valence electrons. The lowest BCUT2D eigenvalue weighted by molar-refractivity contribution is 0.0922. The van der Waals surface area contributed by atoms with Gasteiger partial charge in [-0.1, -0.05) is 38.1 Å². The average Bonchev–Trinajstić information content (AvgIpc) is 3.04. The molecule has 3 heterocycles. The fraction of sp³-hybridized carbons (Fsp3) is 0.368. The molecule has 1 aliphatic rings. The van der Waals surface area contributed by atoms with E-state index in [-0.39, 0.29) is 11.9 Å². The number of carbonyl (C=O) groups excluding carboxylic acids is 1. The Bertz CT molecular complexity index is 930. The highest BCUT2D eigenvalue weighted by molar-refractivity contribution is 5.95. The zero-order valence-electron chi connectivity index (χ0n) is 14.4. The number of amides is 1. The first-order valence-electron chi connectivity index (χ1n) is 8.70. The maximum Gasteiger partial charge on any atom is 0.270 e.